The quantitative estimate of drug-likeness (QED) is 0.373. The number of carbonyl (C=O) groups excluding carboxylic acids is 2. The summed E-state index contributed by atoms with van der Waals surface area (Å²) in [4.78, 5) is 28.6. The number of hydrogen-bond donors (Lipinski definition) is 2. The second-order valence-corrected chi connectivity index (χ2v) is 9.89. The van der Waals surface area contributed by atoms with E-state index in [2.05, 4.69) is 16.7 Å². The number of fused-ring (bicyclic) bond motifs is 2. The van der Waals surface area contributed by atoms with E-state index in [1.807, 2.05) is 60.7 Å². The molecular weight excluding hydrogens is 508 g/mol. The molecule has 0 spiro atoms. The molecule has 6 rings (SSSR count). The van der Waals surface area contributed by atoms with Crippen LogP contribution in [0.25, 0.3) is 16.6 Å². The summed E-state index contributed by atoms with van der Waals surface area (Å²) in [6, 6.07) is 23.3. The van der Waals surface area contributed by atoms with Gasteiger partial charge in [0.2, 0.25) is 5.91 Å². The average molecular weight is 537 g/mol. The number of ether oxygens (including phenoxy) is 2. The summed E-state index contributed by atoms with van der Waals surface area (Å²) in [6.07, 6.45) is 0. The van der Waals surface area contributed by atoms with Gasteiger partial charge < -0.3 is 19.7 Å². The van der Waals surface area contributed by atoms with Crippen molar-refractivity contribution in [2.24, 2.45) is 0 Å². The topological polar surface area (TPSA) is 122 Å². The highest BCUT2D eigenvalue weighted by atomic mass is 16.5. The molecule has 2 aliphatic heterocycles. The molecule has 0 bridgehead atoms. The Morgan fingerprint density at radius 3 is 2.55 bits per heavy atom. The number of nitrogens with zero attached hydrogens (tertiary/aromatic N) is 4. The fraction of sp³-hybridized carbons (Fsp3) is 0.267. The van der Waals surface area contributed by atoms with Crippen LogP contribution in [-0.2, 0) is 20.9 Å². The van der Waals surface area contributed by atoms with Crippen LogP contribution in [0.5, 0.6) is 5.75 Å². The maximum absolute atomic E-state index is 14.0. The number of carbonyl (C=O) groups is 2. The van der Waals surface area contributed by atoms with Crippen LogP contribution < -0.4 is 20.3 Å². The molecule has 2 N–H and O–H groups in total. The number of nitrogens with one attached hydrogen (secondary N) is 2. The molecule has 0 saturated carbocycles. The van der Waals surface area contributed by atoms with E-state index in [-0.39, 0.29) is 31.0 Å². The molecular formula is C30H28N6O4. The van der Waals surface area contributed by atoms with E-state index in [1.54, 1.807) is 28.6 Å². The molecule has 1 fully saturated rings. The third kappa shape index (κ3) is 4.77. The van der Waals surface area contributed by atoms with Crippen LogP contribution in [0.1, 0.15) is 18.2 Å². The third-order valence-electron chi connectivity index (χ3n) is 7.18. The maximum atomic E-state index is 14.0. The molecule has 1 unspecified atom stereocenters. The molecule has 202 valence electrons. The molecule has 1 aromatic heterocycles. The summed E-state index contributed by atoms with van der Waals surface area (Å²) in [5, 5.41) is 21.5. The number of aromatic nitrogens is 2. The Morgan fingerprint density at radius 2 is 1.77 bits per heavy atom. The Hall–Kier alpha value is -4.72. The summed E-state index contributed by atoms with van der Waals surface area (Å²) in [6.45, 7) is 3.03. The van der Waals surface area contributed by atoms with Gasteiger partial charge in [0.15, 0.2) is 0 Å². The van der Waals surface area contributed by atoms with E-state index in [4.69, 9.17) is 14.6 Å². The zero-order chi connectivity index (χ0) is 27.6. The predicted octanol–water partition coefficient (Wildman–Crippen LogP) is 2.68. The number of benzene rings is 3. The summed E-state index contributed by atoms with van der Waals surface area (Å²) in [7, 11) is 0. The Balaban J connectivity index is 1.34. The Kier molecular flexibility index (Phi) is 6.90. The molecule has 1 saturated heterocycles. The molecule has 2 aliphatic rings. The van der Waals surface area contributed by atoms with Crippen LogP contribution in [0, 0.1) is 11.3 Å². The molecule has 4 aromatic rings. The second-order valence-electron chi connectivity index (χ2n) is 9.89. The Morgan fingerprint density at radius 1 is 1.05 bits per heavy atom. The molecule has 10 nitrogen and oxygen atoms in total. The van der Waals surface area contributed by atoms with Gasteiger partial charge in [-0.3, -0.25) is 14.9 Å². The number of para-hydroxylation sites is 4. The Labute approximate surface area is 231 Å². The first kappa shape index (κ1) is 25.6. The van der Waals surface area contributed by atoms with Gasteiger partial charge in [0.1, 0.15) is 24.5 Å². The van der Waals surface area contributed by atoms with E-state index in [9.17, 15) is 14.9 Å². The minimum atomic E-state index is -0.894. The normalized spacial score (nSPS) is 17.8. The van der Waals surface area contributed by atoms with Gasteiger partial charge in [0.25, 0.3) is 5.91 Å². The molecule has 40 heavy (non-hydrogen) atoms. The van der Waals surface area contributed by atoms with Crippen LogP contribution in [0.3, 0.4) is 0 Å². The standard InChI is InChI=1S/C30H28N6O4/c1-19(32-21-16-39-17-21)29(37)33-24-18-40-28-13-7-6-12-27(28)35(30(24)38)15-23-22-9-3-5-11-26(22)36(34-23)25-10-4-2-8-20(25)14-31/h2-13,19,21,24,32H,15-18H2,1H3,(H,33,37)/t19-,24?/m0/s1. The van der Waals surface area contributed by atoms with Crippen LogP contribution in [-0.4, -0.2) is 59.5 Å². The lowest BCUT2D eigenvalue weighted by molar-refractivity contribution is -0.129. The first-order valence-electron chi connectivity index (χ1n) is 13.2. The van der Waals surface area contributed by atoms with E-state index < -0.39 is 12.1 Å². The minimum Gasteiger partial charge on any atom is -0.489 e. The smallest absolute Gasteiger partial charge is 0.253 e. The predicted molar refractivity (Wildman–Crippen MR) is 148 cm³/mol. The van der Waals surface area contributed by atoms with Gasteiger partial charge in [-0.2, -0.15) is 10.4 Å². The van der Waals surface area contributed by atoms with Gasteiger partial charge in [-0.1, -0.05) is 42.5 Å². The van der Waals surface area contributed by atoms with Gasteiger partial charge in [-0.25, -0.2) is 4.68 Å². The summed E-state index contributed by atoms with van der Waals surface area (Å²) in [5.41, 5.74) is 3.21. The van der Waals surface area contributed by atoms with Crippen molar-refractivity contribution in [2.45, 2.75) is 31.6 Å². The number of nitriles is 1. The van der Waals surface area contributed by atoms with Gasteiger partial charge in [0.05, 0.1) is 60.0 Å². The highest BCUT2D eigenvalue weighted by molar-refractivity contribution is 6.01. The lowest BCUT2D eigenvalue weighted by atomic mass is 10.1. The van der Waals surface area contributed by atoms with Crippen molar-refractivity contribution in [1.82, 2.24) is 20.4 Å². The molecule has 3 aromatic carbocycles. The highest BCUT2D eigenvalue weighted by Crippen LogP contribution is 2.34. The second kappa shape index (κ2) is 10.8. The van der Waals surface area contributed by atoms with E-state index in [0.717, 1.165) is 10.9 Å². The number of anilines is 1. The SMILES string of the molecule is C[C@H](NC1COC1)C(=O)NC1COc2ccccc2N(Cc2nn(-c3ccccc3C#N)c3ccccc23)C1=O. The van der Waals surface area contributed by atoms with Crippen molar-refractivity contribution in [2.75, 3.05) is 24.7 Å². The summed E-state index contributed by atoms with van der Waals surface area (Å²) in [5.74, 6) is -0.0416. The lowest BCUT2D eigenvalue weighted by Crippen LogP contribution is -2.58. The molecule has 0 aliphatic carbocycles. The fourth-order valence-corrected chi connectivity index (χ4v) is 5.01. The van der Waals surface area contributed by atoms with Crippen molar-refractivity contribution < 1.29 is 19.1 Å². The average Bonchev–Trinajstić information content (AvgIpc) is 3.27. The maximum Gasteiger partial charge on any atom is 0.253 e. The first-order valence-corrected chi connectivity index (χ1v) is 13.2. The minimum absolute atomic E-state index is 0.00206. The molecule has 10 heteroatoms. The number of rotatable bonds is 7. The van der Waals surface area contributed by atoms with E-state index in [0.29, 0.717) is 41.6 Å². The number of hydrogen-bond acceptors (Lipinski definition) is 7. The van der Waals surface area contributed by atoms with Gasteiger partial charge in [-0.05, 0) is 37.3 Å². The first-order chi connectivity index (χ1) is 19.5. The van der Waals surface area contributed by atoms with Gasteiger partial charge >= 0.3 is 0 Å². The molecule has 2 atom stereocenters. The molecule has 2 amide bonds. The highest BCUT2D eigenvalue weighted by Gasteiger charge is 2.35. The van der Waals surface area contributed by atoms with Gasteiger partial charge in [0, 0.05) is 5.39 Å². The zero-order valence-electron chi connectivity index (χ0n) is 21.9. The fourth-order valence-electron chi connectivity index (χ4n) is 5.01. The van der Waals surface area contributed by atoms with Crippen LogP contribution in [0.2, 0.25) is 0 Å². The summed E-state index contributed by atoms with van der Waals surface area (Å²) >= 11 is 0. The zero-order valence-corrected chi connectivity index (χ0v) is 21.9. The van der Waals surface area contributed by atoms with E-state index >= 15 is 0 Å². The molecule has 3 heterocycles. The van der Waals surface area contributed by atoms with Crippen molar-refractivity contribution in [3.63, 3.8) is 0 Å². The van der Waals surface area contributed by atoms with Crippen molar-refractivity contribution in [1.29, 1.82) is 5.26 Å². The lowest BCUT2D eigenvalue weighted by Gasteiger charge is -2.30. The van der Waals surface area contributed by atoms with Crippen LogP contribution in [0.15, 0.2) is 72.8 Å². The largest absolute Gasteiger partial charge is 0.489 e. The Bertz CT molecular complexity index is 1620. The third-order valence-corrected chi connectivity index (χ3v) is 7.18. The van der Waals surface area contributed by atoms with E-state index in [1.165, 1.54) is 0 Å². The monoisotopic (exact) mass is 536 g/mol. The van der Waals surface area contributed by atoms with Crippen LogP contribution >= 0.6 is 0 Å². The van der Waals surface area contributed by atoms with Crippen LogP contribution in [0.4, 0.5) is 5.69 Å². The molecule has 0 radical (unpaired) electrons. The van der Waals surface area contributed by atoms with Gasteiger partial charge in [-0.15, -0.1) is 0 Å². The van der Waals surface area contributed by atoms with Crippen molar-refractivity contribution in [3.05, 3.63) is 84.1 Å². The van der Waals surface area contributed by atoms with Crippen molar-refractivity contribution >= 4 is 28.4 Å². The van der Waals surface area contributed by atoms with Crippen molar-refractivity contribution in [3.8, 4) is 17.5 Å². The number of amides is 2. The summed E-state index contributed by atoms with van der Waals surface area (Å²) < 4.78 is 12.9.